The van der Waals surface area contributed by atoms with Crippen LogP contribution >= 0.6 is 11.6 Å². The van der Waals surface area contributed by atoms with Crippen molar-refractivity contribution in [1.82, 2.24) is 24.5 Å². The minimum atomic E-state index is -0.395. The van der Waals surface area contributed by atoms with Crippen molar-refractivity contribution in [3.05, 3.63) is 47.1 Å². The maximum atomic E-state index is 14.7. The van der Waals surface area contributed by atoms with Crippen molar-refractivity contribution in [3.63, 3.8) is 0 Å². The van der Waals surface area contributed by atoms with Gasteiger partial charge in [0.2, 0.25) is 0 Å². The summed E-state index contributed by atoms with van der Waals surface area (Å²) in [5, 5.41) is 13.2. The molecule has 2 aliphatic rings. The molecule has 3 aromatic heterocycles. The van der Waals surface area contributed by atoms with Crippen LogP contribution in [0.25, 0.3) is 16.6 Å². The quantitative estimate of drug-likeness (QED) is 0.427. The molecule has 2 saturated heterocycles. The van der Waals surface area contributed by atoms with Gasteiger partial charge in [-0.05, 0) is 32.9 Å². The summed E-state index contributed by atoms with van der Waals surface area (Å²) in [6, 6.07) is 6.41. The van der Waals surface area contributed by atoms with Crippen LogP contribution in [0.4, 0.5) is 21.6 Å². The number of benzene rings is 1. The first-order valence-corrected chi connectivity index (χ1v) is 12.4. The molecule has 35 heavy (non-hydrogen) atoms. The number of anilines is 3. The van der Waals surface area contributed by atoms with E-state index in [2.05, 4.69) is 40.4 Å². The number of rotatable bonds is 5. The largest absolute Gasteiger partial charge is 0.381 e. The molecule has 184 valence electrons. The van der Waals surface area contributed by atoms with Crippen molar-refractivity contribution in [3.8, 4) is 0 Å². The van der Waals surface area contributed by atoms with Crippen LogP contribution in [0.5, 0.6) is 0 Å². The Labute approximate surface area is 208 Å². The van der Waals surface area contributed by atoms with Crippen LogP contribution in [0.1, 0.15) is 19.5 Å². The molecule has 2 fully saturated rings. The molecule has 1 aromatic carbocycles. The summed E-state index contributed by atoms with van der Waals surface area (Å²) in [5.41, 5.74) is 3.68. The van der Waals surface area contributed by atoms with E-state index in [1.54, 1.807) is 10.6 Å². The Morgan fingerprint density at radius 3 is 2.66 bits per heavy atom. The zero-order valence-corrected chi connectivity index (χ0v) is 20.8. The van der Waals surface area contributed by atoms with Crippen LogP contribution < -0.4 is 15.5 Å². The first-order chi connectivity index (χ1) is 16.8. The van der Waals surface area contributed by atoms with E-state index in [0.29, 0.717) is 40.2 Å². The smallest absolute Gasteiger partial charge is 0.173 e. The van der Waals surface area contributed by atoms with E-state index in [1.165, 1.54) is 6.07 Å². The predicted molar refractivity (Wildman–Crippen MR) is 136 cm³/mol. The maximum Gasteiger partial charge on any atom is 0.173 e. The Morgan fingerprint density at radius 2 is 1.94 bits per heavy atom. The number of ether oxygens (including phenoxy) is 1. The monoisotopic (exact) mass is 497 g/mol. The van der Waals surface area contributed by atoms with Gasteiger partial charge >= 0.3 is 0 Å². The van der Waals surface area contributed by atoms with Gasteiger partial charge < -0.3 is 24.7 Å². The predicted octanol–water partition coefficient (Wildman–Crippen LogP) is 4.36. The van der Waals surface area contributed by atoms with Crippen molar-refractivity contribution in [2.45, 2.75) is 39.4 Å². The number of piperazine rings is 1. The average molecular weight is 498 g/mol. The lowest BCUT2D eigenvalue weighted by Crippen LogP contribution is -2.54. The molecule has 0 spiro atoms. The lowest BCUT2D eigenvalue weighted by atomic mass is 10.1. The third-order valence-electron chi connectivity index (χ3n) is 6.74. The number of nitrogens with one attached hydrogen (secondary N) is 2. The molecule has 2 aliphatic heterocycles. The fourth-order valence-electron chi connectivity index (χ4n) is 5.21. The van der Waals surface area contributed by atoms with E-state index in [-0.39, 0.29) is 0 Å². The topological polar surface area (TPSA) is 71.7 Å². The number of pyridine rings is 1. The first-order valence-electron chi connectivity index (χ1n) is 12.0. The Bertz CT molecular complexity index is 1400. The molecule has 0 unspecified atom stereocenters. The van der Waals surface area contributed by atoms with Crippen molar-refractivity contribution in [2.24, 2.45) is 5.92 Å². The van der Waals surface area contributed by atoms with Gasteiger partial charge in [0.05, 0.1) is 40.5 Å². The molecule has 0 amide bonds. The zero-order valence-electron chi connectivity index (χ0n) is 20.1. The summed E-state index contributed by atoms with van der Waals surface area (Å²) < 4.78 is 23.8. The van der Waals surface area contributed by atoms with Gasteiger partial charge in [-0.2, -0.15) is 5.10 Å². The van der Waals surface area contributed by atoms with Crippen molar-refractivity contribution >= 4 is 45.3 Å². The first kappa shape index (κ1) is 22.6. The van der Waals surface area contributed by atoms with E-state index < -0.39 is 5.82 Å². The van der Waals surface area contributed by atoms with Gasteiger partial charge in [-0.15, -0.1) is 0 Å². The van der Waals surface area contributed by atoms with Crippen LogP contribution in [0.3, 0.4) is 0 Å². The number of hydrogen-bond acceptors (Lipinski definition) is 6. The van der Waals surface area contributed by atoms with Crippen LogP contribution in [-0.2, 0) is 11.3 Å². The molecule has 5 heterocycles. The SMILES string of the molecule is Cc1cn2cc(Nc3nn(CC4COC4)c4cc(N5C[C@H](C)N[C@@H](C)C5)cc(Cl)c34)cc(F)c2n1. The van der Waals surface area contributed by atoms with E-state index in [0.717, 1.165) is 55.1 Å². The molecule has 6 rings (SSSR count). The van der Waals surface area contributed by atoms with Gasteiger partial charge in [0.1, 0.15) is 0 Å². The van der Waals surface area contributed by atoms with Crippen LogP contribution in [0, 0.1) is 18.7 Å². The molecule has 2 N–H and O–H groups in total. The number of imidazole rings is 1. The molecule has 0 aliphatic carbocycles. The van der Waals surface area contributed by atoms with Gasteiger partial charge in [0.15, 0.2) is 17.3 Å². The second kappa shape index (κ2) is 8.65. The number of aryl methyl sites for hydroxylation is 1. The van der Waals surface area contributed by atoms with E-state index >= 15 is 0 Å². The molecule has 0 bridgehead atoms. The van der Waals surface area contributed by atoms with E-state index in [9.17, 15) is 4.39 Å². The van der Waals surface area contributed by atoms with E-state index in [1.807, 2.05) is 23.9 Å². The van der Waals surface area contributed by atoms with E-state index in [4.69, 9.17) is 21.4 Å². The number of aromatic nitrogens is 4. The number of halogens is 2. The lowest BCUT2D eigenvalue weighted by Gasteiger charge is -2.37. The molecular weight excluding hydrogens is 469 g/mol. The summed E-state index contributed by atoms with van der Waals surface area (Å²) in [4.78, 5) is 6.61. The van der Waals surface area contributed by atoms with Crippen molar-refractivity contribution in [2.75, 3.05) is 36.5 Å². The van der Waals surface area contributed by atoms with Crippen molar-refractivity contribution in [1.29, 1.82) is 0 Å². The average Bonchev–Trinajstić information content (AvgIpc) is 3.30. The van der Waals surface area contributed by atoms with Gasteiger partial charge in [0.25, 0.3) is 0 Å². The molecule has 10 heteroatoms. The molecule has 2 atom stereocenters. The lowest BCUT2D eigenvalue weighted by molar-refractivity contribution is -0.0402. The standard InChI is InChI=1S/C25H29ClFN7O/c1-14-7-32(8-15(2)28-14)19-5-20(26)23-22(6-19)34(10-17-12-35-13-17)31-24(23)30-18-4-21(27)25-29-16(3)9-33(25)11-18/h4-6,9,11,14-15,17,28H,7-8,10,12-13H2,1-3H3,(H,30,31)/t14-,15-/m0/s1. The highest BCUT2D eigenvalue weighted by Gasteiger charge is 2.26. The minimum Gasteiger partial charge on any atom is -0.381 e. The molecule has 4 aromatic rings. The Morgan fingerprint density at radius 1 is 1.17 bits per heavy atom. The molecule has 0 saturated carbocycles. The van der Waals surface area contributed by atoms with Gasteiger partial charge in [0, 0.05) is 61.8 Å². The fraction of sp³-hybridized carbons (Fsp3) is 0.440. The highest BCUT2D eigenvalue weighted by atomic mass is 35.5. The van der Waals surface area contributed by atoms with Gasteiger partial charge in [-0.3, -0.25) is 4.68 Å². The Balaban J connectivity index is 1.42. The fourth-order valence-corrected chi connectivity index (χ4v) is 5.50. The maximum absolute atomic E-state index is 14.7. The van der Waals surface area contributed by atoms with Gasteiger partial charge in [-0.1, -0.05) is 11.6 Å². The zero-order chi connectivity index (χ0) is 24.3. The second-order valence-electron chi connectivity index (χ2n) is 9.94. The van der Waals surface area contributed by atoms with Crippen molar-refractivity contribution < 1.29 is 9.13 Å². The molecule has 8 nitrogen and oxygen atoms in total. The molecular formula is C25H29ClFN7O. The summed E-state index contributed by atoms with van der Waals surface area (Å²) >= 11 is 6.90. The number of fused-ring (bicyclic) bond motifs is 2. The van der Waals surface area contributed by atoms with Crippen LogP contribution in [0.15, 0.2) is 30.6 Å². The minimum absolute atomic E-state index is 0.301. The second-order valence-corrected chi connectivity index (χ2v) is 10.4. The van der Waals surface area contributed by atoms with Crippen LogP contribution in [-0.4, -0.2) is 57.6 Å². The Kier molecular flexibility index (Phi) is 5.58. The third kappa shape index (κ3) is 4.22. The summed E-state index contributed by atoms with van der Waals surface area (Å²) in [6.45, 7) is 10.2. The summed E-state index contributed by atoms with van der Waals surface area (Å²) in [6.07, 6.45) is 3.61. The molecule has 0 radical (unpaired) electrons. The summed E-state index contributed by atoms with van der Waals surface area (Å²) in [7, 11) is 0. The number of nitrogens with zero attached hydrogens (tertiary/aromatic N) is 5. The van der Waals surface area contributed by atoms with Gasteiger partial charge in [-0.25, -0.2) is 9.37 Å². The summed E-state index contributed by atoms with van der Waals surface area (Å²) in [5.74, 6) is 0.624. The Hall–Kier alpha value is -2.88. The normalized spacial score (nSPS) is 21.1. The third-order valence-corrected chi connectivity index (χ3v) is 7.04. The highest BCUT2D eigenvalue weighted by Crippen LogP contribution is 2.37. The number of hydrogen-bond donors (Lipinski definition) is 2. The highest BCUT2D eigenvalue weighted by molar-refractivity contribution is 6.37. The van der Waals surface area contributed by atoms with Crippen LogP contribution in [0.2, 0.25) is 5.02 Å².